The van der Waals surface area contributed by atoms with Crippen molar-refractivity contribution in [1.29, 1.82) is 0 Å². The van der Waals surface area contributed by atoms with E-state index in [9.17, 15) is 19.7 Å². The van der Waals surface area contributed by atoms with E-state index < -0.39 is 16.2 Å². The standard InChI is InChI=1S/C11H9N3O4/c15-10-4-5-12-11(16)13(10)7-8-2-1-3-9(6-8)14(17)18/h1-6H,7H2,(H,12,16). The fraction of sp³-hybridized carbons (Fsp3) is 0.0909. The second-order valence-electron chi connectivity index (χ2n) is 3.63. The minimum Gasteiger partial charge on any atom is -0.314 e. The zero-order chi connectivity index (χ0) is 13.1. The third kappa shape index (κ3) is 2.34. The molecule has 0 unspecified atom stereocenters. The molecule has 0 spiro atoms. The number of nitrogens with zero attached hydrogens (tertiary/aromatic N) is 2. The summed E-state index contributed by atoms with van der Waals surface area (Å²) in [5.74, 6) is 0. The summed E-state index contributed by atoms with van der Waals surface area (Å²) in [7, 11) is 0. The highest BCUT2D eigenvalue weighted by Crippen LogP contribution is 2.13. The quantitative estimate of drug-likeness (QED) is 0.630. The Morgan fingerprint density at radius 2 is 2.06 bits per heavy atom. The number of rotatable bonds is 3. The van der Waals surface area contributed by atoms with E-state index in [1.807, 2.05) is 0 Å². The molecule has 2 rings (SSSR count). The fourth-order valence-electron chi connectivity index (χ4n) is 1.55. The number of nitro benzene ring substituents is 1. The monoisotopic (exact) mass is 247 g/mol. The van der Waals surface area contributed by atoms with Gasteiger partial charge in [-0.15, -0.1) is 0 Å². The Balaban J connectivity index is 2.41. The van der Waals surface area contributed by atoms with E-state index in [1.54, 1.807) is 6.07 Å². The summed E-state index contributed by atoms with van der Waals surface area (Å²) >= 11 is 0. The van der Waals surface area contributed by atoms with Gasteiger partial charge >= 0.3 is 5.69 Å². The molecule has 1 aromatic carbocycles. The van der Waals surface area contributed by atoms with Gasteiger partial charge in [0.2, 0.25) is 0 Å². The zero-order valence-corrected chi connectivity index (χ0v) is 9.20. The summed E-state index contributed by atoms with van der Waals surface area (Å²) in [5.41, 5.74) is -0.560. The van der Waals surface area contributed by atoms with Crippen LogP contribution < -0.4 is 11.2 Å². The van der Waals surface area contributed by atoms with Crippen LogP contribution in [0.15, 0.2) is 46.1 Å². The Kier molecular flexibility index (Phi) is 3.05. The number of nitrogens with one attached hydrogen (secondary N) is 1. The Morgan fingerprint density at radius 3 is 2.72 bits per heavy atom. The van der Waals surface area contributed by atoms with E-state index in [4.69, 9.17) is 0 Å². The number of benzene rings is 1. The van der Waals surface area contributed by atoms with Crippen LogP contribution in [-0.2, 0) is 6.54 Å². The van der Waals surface area contributed by atoms with Crippen LogP contribution in [0.5, 0.6) is 0 Å². The zero-order valence-electron chi connectivity index (χ0n) is 9.20. The lowest BCUT2D eigenvalue weighted by Crippen LogP contribution is -2.34. The first-order valence-electron chi connectivity index (χ1n) is 5.10. The summed E-state index contributed by atoms with van der Waals surface area (Å²) < 4.78 is 0.971. The second kappa shape index (κ2) is 4.66. The highest BCUT2D eigenvalue weighted by molar-refractivity contribution is 5.34. The fourth-order valence-corrected chi connectivity index (χ4v) is 1.55. The van der Waals surface area contributed by atoms with Crippen molar-refractivity contribution in [3.63, 3.8) is 0 Å². The molecule has 0 amide bonds. The van der Waals surface area contributed by atoms with Gasteiger partial charge in [-0.2, -0.15) is 0 Å². The van der Waals surface area contributed by atoms with Crippen molar-refractivity contribution in [1.82, 2.24) is 9.55 Å². The molecule has 0 saturated carbocycles. The molecule has 0 fully saturated rings. The van der Waals surface area contributed by atoms with Crippen LogP contribution in [0.2, 0.25) is 0 Å². The van der Waals surface area contributed by atoms with E-state index in [0.717, 1.165) is 4.57 Å². The molecule has 0 saturated heterocycles. The van der Waals surface area contributed by atoms with Gasteiger partial charge in [0.1, 0.15) is 0 Å². The Bertz CT molecular complexity index is 673. The first-order chi connectivity index (χ1) is 8.58. The maximum Gasteiger partial charge on any atom is 0.328 e. The minimum absolute atomic E-state index is 0.00329. The summed E-state index contributed by atoms with van der Waals surface area (Å²) in [6.07, 6.45) is 1.26. The SMILES string of the molecule is O=c1cc[nH]c(=O)n1Cc1cccc([N+](=O)[O-])c1. The lowest BCUT2D eigenvalue weighted by Gasteiger charge is -2.03. The molecule has 92 valence electrons. The Labute approximate surface area is 100 Å². The molecule has 0 aliphatic carbocycles. The Morgan fingerprint density at radius 1 is 1.28 bits per heavy atom. The van der Waals surface area contributed by atoms with Gasteiger partial charge in [0.25, 0.3) is 11.2 Å². The van der Waals surface area contributed by atoms with Crippen LogP contribution in [0.3, 0.4) is 0 Å². The van der Waals surface area contributed by atoms with Crippen LogP contribution in [0.25, 0.3) is 0 Å². The average Bonchev–Trinajstić information content (AvgIpc) is 2.34. The normalized spacial score (nSPS) is 10.2. The van der Waals surface area contributed by atoms with E-state index in [1.165, 1.54) is 30.5 Å². The number of hydrogen-bond donors (Lipinski definition) is 1. The molecule has 18 heavy (non-hydrogen) atoms. The molecule has 0 aliphatic heterocycles. The third-order valence-electron chi connectivity index (χ3n) is 2.41. The molecule has 7 nitrogen and oxygen atoms in total. The van der Waals surface area contributed by atoms with Crippen LogP contribution in [0, 0.1) is 10.1 Å². The largest absolute Gasteiger partial charge is 0.328 e. The van der Waals surface area contributed by atoms with E-state index in [2.05, 4.69) is 4.98 Å². The molecule has 1 N–H and O–H groups in total. The number of H-pyrrole nitrogens is 1. The van der Waals surface area contributed by atoms with Crippen molar-refractivity contribution in [2.24, 2.45) is 0 Å². The highest BCUT2D eigenvalue weighted by atomic mass is 16.6. The average molecular weight is 247 g/mol. The van der Waals surface area contributed by atoms with Crippen LogP contribution in [0.1, 0.15) is 5.56 Å². The minimum atomic E-state index is -0.547. The molecular formula is C11H9N3O4. The maximum atomic E-state index is 11.5. The summed E-state index contributed by atoms with van der Waals surface area (Å²) in [6.45, 7) is -0.00329. The van der Waals surface area contributed by atoms with Crippen LogP contribution in [0.4, 0.5) is 5.69 Å². The molecule has 1 aromatic heterocycles. The molecular weight excluding hydrogens is 238 g/mol. The van der Waals surface area contributed by atoms with E-state index in [0.29, 0.717) is 5.56 Å². The van der Waals surface area contributed by atoms with Gasteiger partial charge in [0, 0.05) is 24.4 Å². The maximum absolute atomic E-state index is 11.5. The van der Waals surface area contributed by atoms with Gasteiger partial charge in [-0.1, -0.05) is 12.1 Å². The molecule has 7 heteroatoms. The van der Waals surface area contributed by atoms with Crippen molar-refractivity contribution in [3.8, 4) is 0 Å². The van der Waals surface area contributed by atoms with Gasteiger partial charge in [-0.25, -0.2) is 4.79 Å². The Hall–Kier alpha value is -2.70. The van der Waals surface area contributed by atoms with Gasteiger partial charge in [-0.3, -0.25) is 19.5 Å². The van der Waals surface area contributed by atoms with Crippen LogP contribution in [-0.4, -0.2) is 14.5 Å². The van der Waals surface area contributed by atoms with Gasteiger partial charge in [-0.05, 0) is 5.56 Å². The van der Waals surface area contributed by atoms with Gasteiger partial charge in [0.05, 0.1) is 11.5 Å². The molecule has 0 atom stereocenters. The van der Waals surface area contributed by atoms with Crippen molar-refractivity contribution in [2.75, 3.05) is 0 Å². The lowest BCUT2D eigenvalue weighted by molar-refractivity contribution is -0.384. The molecule has 1 heterocycles. The molecule has 2 aromatic rings. The topological polar surface area (TPSA) is 98.0 Å². The number of aromatic nitrogens is 2. The summed E-state index contributed by atoms with van der Waals surface area (Å²) in [6, 6.07) is 7.03. The molecule has 0 bridgehead atoms. The number of non-ortho nitro benzene ring substituents is 1. The number of aromatic amines is 1. The molecule has 0 radical (unpaired) electrons. The van der Waals surface area contributed by atoms with Crippen molar-refractivity contribution < 1.29 is 4.92 Å². The summed E-state index contributed by atoms with van der Waals surface area (Å²) in [4.78, 5) is 35.4. The van der Waals surface area contributed by atoms with Crippen molar-refractivity contribution in [3.05, 3.63) is 73.0 Å². The van der Waals surface area contributed by atoms with E-state index in [-0.39, 0.29) is 12.2 Å². The number of nitro groups is 1. The molecule has 0 aliphatic rings. The van der Waals surface area contributed by atoms with Crippen LogP contribution >= 0.6 is 0 Å². The highest BCUT2D eigenvalue weighted by Gasteiger charge is 2.07. The van der Waals surface area contributed by atoms with Gasteiger partial charge < -0.3 is 4.98 Å². The first kappa shape index (κ1) is 11.8. The van der Waals surface area contributed by atoms with Crippen molar-refractivity contribution in [2.45, 2.75) is 6.54 Å². The first-order valence-corrected chi connectivity index (χ1v) is 5.10. The summed E-state index contributed by atoms with van der Waals surface area (Å²) in [5, 5.41) is 10.6. The van der Waals surface area contributed by atoms with E-state index >= 15 is 0 Å². The lowest BCUT2D eigenvalue weighted by atomic mass is 10.2. The van der Waals surface area contributed by atoms with Gasteiger partial charge in [0.15, 0.2) is 0 Å². The van der Waals surface area contributed by atoms with Crippen molar-refractivity contribution >= 4 is 5.69 Å². The predicted molar refractivity (Wildman–Crippen MR) is 63.5 cm³/mol. The third-order valence-corrected chi connectivity index (χ3v) is 2.41. The number of hydrogen-bond acceptors (Lipinski definition) is 4. The second-order valence-corrected chi connectivity index (χ2v) is 3.63. The smallest absolute Gasteiger partial charge is 0.314 e. The predicted octanol–water partition coefficient (Wildman–Crippen LogP) is 0.493.